The van der Waals surface area contributed by atoms with Crippen LogP contribution in [0.1, 0.15) is 0 Å². The van der Waals surface area contributed by atoms with Gasteiger partial charge in [0.05, 0.1) is 11.8 Å². The summed E-state index contributed by atoms with van der Waals surface area (Å²) in [5, 5.41) is 0.244. The smallest absolute Gasteiger partial charge is 0.236 e. The highest BCUT2D eigenvalue weighted by molar-refractivity contribution is 8.01. The van der Waals surface area contributed by atoms with Gasteiger partial charge in [-0.25, -0.2) is 4.79 Å². The van der Waals surface area contributed by atoms with Gasteiger partial charge in [-0.3, -0.25) is 14.5 Å². The van der Waals surface area contributed by atoms with E-state index < -0.39 is 0 Å². The fourth-order valence-electron chi connectivity index (χ4n) is 2.60. The van der Waals surface area contributed by atoms with Crippen molar-refractivity contribution < 1.29 is 14.4 Å². The van der Waals surface area contributed by atoms with E-state index in [1.807, 2.05) is 12.2 Å². The summed E-state index contributed by atoms with van der Waals surface area (Å²) in [7, 11) is 0. The first-order valence-corrected chi connectivity index (χ1v) is 5.91. The van der Waals surface area contributed by atoms with Gasteiger partial charge in [0.2, 0.25) is 17.9 Å². The summed E-state index contributed by atoms with van der Waals surface area (Å²) >= 11 is 1.67. The lowest BCUT2D eigenvalue weighted by molar-refractivity contribution is -0.139. The molecule has 0 aromatic heterocycles. The standard InChI is InChI=1S/C10H8N2O3S/c13-4-11-3-12-9(14)7-5-1-2-6(16-5)8(7)10(12)15/h1-2,5-8H,3H2. The average Bonchev–Trinajstić information content (AvgIpc) is 2.92. The maximum Gasteiger partial charge on any atom is 0.236 e. The number of isocyanates is 1. The minimum atomic E-state index is -0.241. The van der Waals surface area contributed by atoms with Crippen LogP contribution in [0.2, 0.25) is 0 Å². The van der Waals surface area contributed by atoms with E-state index in [1.54, 1.807) is 11.8 Å². The Morgan fingerprint density at radius 1 is 1.25 bits per heavy atom. The first kappa shape index (κ1) is 9.81. The maximum absolute atomic E-state index is 12.0. The molecule has 0 aromatic rings. The first-order valence-electron chi connectivity index (χ1n) is 4.96. The van der Waals surface area contributed by atoms with E-state index in [-0.39, 0.29) is 40.8 Å². The molecule has 2 fully saturated rings. The molecule has 3 aliphatic rings. The van der Waals surface area contributed by atoms with Crippen LogP contribution in [-0.2, 0) is 14.4 Å². The van der Waals surface area contributed by atoms with Gasteiger partial charge in [-0.05, 0) is 0 Å². The monoisotopic (exact) mass is 236 g/mol. The second-order valence-corrected chi connectivity index (χ2v) is 5.36. The van der Waals surface area contributed by atoms with Crippen LogP contribution in [0.25, 0.3) is 0 Å². The molecule has 0 aromatic carbocycles. The van der Waals surface area contributed by atoms with Crippen molar-refractivity contribution in [1.82, 2.24) is 4.90 Å². The Hall–Kier alpha value is -1.39. The van der Waals surface area contributed by atoms with E-state index in [0.717, 1.165) is 4.90 Å². The van der Waals surface area contributed by atoms with Gasteiger partial charge in [0.25, 0.3) is 0 Å². The van der Waals surface area contributed by atoms with Gasteiger partial charge in [0.15, 0.2) is 0 Å². The minimum absolute atomic E-state index is 0.122. The van der Waals surface area contributed by atoms with Crippen molar-refractivity contribution in [2.75, 3.05) is 6.67 Å². The molecule has 3 heterocycles. The van der Waals surface area contributed by atoms with Crippen molar-refractivity contribution in [3.8, 4) is 0 Å². The van der Waals surface area contributed by atoms with Gasteiger partial charge in [-0.15, -0.1) is 11.8 Å². The van der Waals surface area contributed by atoms with E-state index in [2.05, 4.69) is 4.99 Å². The maximum atomic E-state index is 12.0. The molecule has 0 radical (unpaired) electrons. The second kappa shape index (κ2) is 3.30. The molecule has 16 heavy (non-hydrogen) atoms. The predicted octanol–water partition coefficient (Wildman–Crippen LogP) is -0.0653. The average molecular weight is 236 g/mol. The number of hydrogen-bond acceptors (Lipinski definition) is 5. The molecule has 4 atom stereocenters. The highest BCUT2D eigenvalue weighted by Crippen LogP contribution is 2.52. The summed E-state index contributed by atoms with van der Waals surface area (Å²) in [5.74, 6) is -0.875. The zero-order chi connectivity index (χ0) is 11.3. The summed E-state index contributed by atoms with van der Waals surface area (Å²) in [5.41, 5.74) is 0. The summed E-state index contributed by atoms with van der Waals surface area (Å²) in [6.45, 7) is -0.182. The number of rotatable bonds is 2. The molecule has 0 N–H and O–H groups in total. The number of carbonyl (C=O) groups excluding carboxylic acids is 3. The van der Waals surface area contributed by atoms with E-state index in [0.29, 0.717) is 0 Å². The van der Waals surface area contributed by atoms with Gasteiger partial charge < -0.3 is 0 Å². The Morgan fingerprint density at radius 3 is 2.31 bits per heavy atom. The van der Waals surface area contributed by atoms with Crippen molar-refractivity contribution in [2.24, 2.45) is 16.8 Å². The molecule has 2 amide bonds. The summed E-state index contributed by atoms with van der Waals surface area (Å²) in [6, 6.07) is 0. The Labute approximate surface area is 95.6 Å². The number of amides is 2. The Bertz CT molecular complexity index is 425. The zero-order valence-corrected chi connectivity index (χ0v) is 9.02. The van der Waals surface area contributed by atoms with Gasteiger partial charge >= 0.3 is 0 Å². The third-order valence-corrected chi connectivity index (χ3v) is 4.81. The van der Waals surface area contributed by atoms with Gasteiger partial charge in [0, 0.05) is 10.5 Å². The number of nitrogens with zero attached hydrogens (tertiary/aromatic N) is 2. The number of carbonyl (C=O) groups is 2. The molecule has 6 heteroatoms. The normalized spacial score (nSPS) is 39.1. The fourth-order valence-corrected chi connectivity index (χ4v) is 4.24. The Morgan fingerprint density at radius 2 is 1.81 bits per heavy atom. The molecule has 82 valence electrons. The van der Waals surface area contributed by atoms with E-state index in [9.17, 15) is 14.4 Å². The predicted molar refractivity (Wildman–Crippen MR) is 56.1 cm³/mol. The van der Waals surface area contributed by atoms with Gasteiger partial charge in [-0.2, -0.15) is 4.99 Å². The zero-order valence-electron chi connectivity index (χ0n) is 8.20. The highest BCUT2D eigenvalue weighted by Gasteiger charge is 2.59. The molecule has 2 saturated heterocycles. The second-order valence-electron chi connectivity index (χ2n) is 4.00. The highest BCUT2D eigenvalue weighted by atomic mass is 32.2. The third-order valence-electron chi connectivity index (χ3n) is 3.28. The summed E-state index contributed by atoms with van der Waals surface area (Å²) < 4.78 is 0. The fraction of sp³-hybridized carbons (Fsp3) is 0.500. The first-order chi connectivity index (χ1) is 7.74. The molecule has 2 bridgehead atoms. The van der Waals surface area contributed by atoms with Crippen LogP contribution in [0.5, 0.6) is 0 Å². The van der Waals surface area contributed by atoms with E-state index in [4.69, 9.17) is 0 Å². The van der Waals surface area contributed by atoms with Crippen molar-refractivity contribution in [3.05, 3.63) is 12.2 Å². The van der Waals surface area contributed by atoms with Crippen LogP contribution >= 0.6 is 11.8 Å². The molecule has 5 nitrogen and oxygen atoms in total. The van der Waals surface area contributed by atoms with Crippen LogP contribution in [0.4, 0.5) is 0 Å². The molecule has 4 unspecified atom stereocenters. The van der Waals surface area contributed by atoms with Gasteiger partial charge in [-0.1, -0.05) is 12.2 Å². The van der Waals surface area contributed by atoms with Crippen LogP contribution in [0, 0.1) is 11.8 Å². The van der Waals surface area contributed by atoms with Crippen molar-refractivity contribution in [2.45, 2.75) is 10.5 Å². The molecule has 0 saturated carbocycles. The van der Waals surface area contributed by atoms with E-state index in [1.165, 1.54) is 6.08 Å². The van der Waals surface area contributed by atoms with Crippen LogP contribution < -0.4 is 0 Å². The molecule has 3 aliphatic heterocycles. The SMILES string of the molecule is O=C=NCN1C(=O)C2C3C=CC(S3)C2C1=O. The Balaban J connectivity index is 1.91. The number of hydrogen-bond donors (Lipinski definition) is 0. The molecular formula is C10H8N2O3S. The molecular weight excluding hydrogens is 228 g/mol. The number of likely N-dealkylation sites (tertiary alicyclic amines) is 1. The lowest BCUT2D eigenvalue weighted by Crippen LogP contribution is -2.33. The molecule has 3 rings (SSSR count). The van der Waals surface area contributed by atoms with E-state index >= 15 is 0 Å². The van der Waals surface area contributed by atoms with Crippen LogP contribution in [0.3, 0.4) is 0 Å². The largest absolute Gasteiger partial charge is 0.274 e. The lowest BCUT2D eigenvalue weighted by Gasteiger charge is -2.13. The topological polar surface area (TPSA) is 66.8 Å². The Kier molecular flexibility index (Phi) is 2.02. The van der Waals surface area contributed by atoms with Crippen molar-refractivity contribution in [3.63, 3.8) is 0 Å². The third kappa shape index (κ3) is 1.08. The lowest BCUT2D eigenvalue weighted by atomic mass is 9.85. The van der Waals surface area contributed by atoms with Crippen LogP contribution in [-0.4, -0.2) is 40.0 Å². The number of thioether (sulfide) groups is 1. The quantitative estimate of drug-likeness (QED) is 0.291. The number of fused-ring (bicyclic) bond motifs is 5. The minimum Gasteiger partial charge on any atom is -0.274 e. The van der Waals surface area contributed by atoms with Crippen LogP contribution in [0.15, 0.2) is 17.1 Å². The van der Waals surface area contributed by atoms with Gasteiger partial charge in [0.1, 0.15) is 6.67 Å². The van der Waals surface area contributed by atoms with Crippen molar-refractivity contribution >= 4 is 29.7 Å². The molecule has 0 aliphatic carbocycles. The van der Waals surface area contributed by atoms with Crippen molar-refractivity contribution in [1.29, 1.82) is 0 Å². The number of aliphatic imine (C=N–C) groups is 1. The molecule has 0 spiro atoms. The summed E-state index contributed by atoms with van der Waals surface area (Å²) in [6.07, 6.45) is 5.34. The number of imide groups is 1. The summed E-state index contributed by atoms with van der Waals surface area (Å²) in [4.78, 5) is 38.3.